The van der Waals surface area contributed by atoms with E-state index < -0.39 is 0 Å². The molecule has 104 valence electrons. The lowest BCUT2D eigenvalue weighted by atomic mass is 10.1. The van der Waals surface area contributed by atoms with Crippen molar-refractivity contribution in [3.8, 4) is 0 Å². The van der Waals surface area contributed by atoms with Gasteiger partial charge in [-0.15, -0.1) is 0 Å². The second-order valence-electron chi connectivity index (χ2n) is 4.59. The second-order valence-corrected chi connectivity index (χ2v) is 5.44. The molecule has 0 saturated heterocycles. The van der Waals surface area contributed by atoms with Gasteiger partial charge in [-0.25, -0.2) is 4.98 Å². The maximum atomic E-state index is 12.0. The van der Waals surface area contributed by atoms with Gasteiger partial charge in [0.05, 0.1) is 6.54 Å². The molecule has 0 spiro atoms. The molecular formula is C15H16BrN3O. The van der Waals surface area contributed by atoms with Crippen LogP contribution in [0.4, 0.5) is 0 Å². The molecular weight excluding hydrogens is 318 g/mol. The first-order valence-electron chi connectivity index (χ1n) is 6.24. The van der Waals surface area contributed by atoms with Gasteiger partial charge in [0, 0.05) is 30.0 Å². The summed E-state index contributed by atoms with van der Waals surface area (Å²) in [6, 6.07) is 6.02. The van der Waals surface area contributed by atoms with Crippen molar-refractivity contribution in [2.75, 3.05) is 7.05 Å². The summed E-state index contributed by atoms with van der Waals surface area (Å²) in [5.41, 5.74) is 2.16. The molecule has 2 aromatic rings. The molecule has 0 unspecified atom stereocenters. The average Bonchev–Trinajstić information content (AvgIpc) is 2.90. The molecule has 0 radical (unpaired) electrons. The van der Waals surface area contributed by atoms with Crippen LogP contribution in [0.15, 0.2) is 41.1 Å². The Morgan fingerprint density at radius 1 is 1.50 bits per heavy atom. The summed E-state index contributed by atoms with van der Waals surface area (Å²) in [7, 11) is 1.75. The highest BCUT2D eigenvalue weighted by atomic mass is 79.9. The van der Waals surface area contributed by atoms with Crippen LogP contribution in [0.25, 0.3) is 6.08 Å². The Morgan fingerprint density at radius 3 is 2.95 bits per heavy atom. The predicted molar refractivity (Wildman–Crippen MR) is 83.0 cm³/mol. The molecule has 0 fully saturated rings. The predicted octanol–water partition coefficient (Wildman–Crippen LogP) is 3.15. The number of likely N-dealkylation sites (N-methyl/N-ethyl adjacent to an activating group) is 1. The van der Waals surface area contributed by atoms with Gasteiger partial charge in [0.1, 0.15) is 5.82 Å². The molecule has 0 aliphatic carbocycles. The van der Waals surface area contributed by atoms with E-state index in [2.05, 4.69) is 25.9 Å². The number of rotatable bonds is 4. The van der Waals surface area contributed by atoms with Crippen molar-refractivity contribution < 1.29 is 4.79 Å². The molecule has 1 aromatic heterocycles. The zero-order valence-electron chi connectivity index (χ0n) is 11.4. The lowest BCUT2D eigenvalue weighted by Crippen LogP contribution is -2.24. The number of amides is 1. The summed E-state index contributed by atoms with van der Waals surface area (Å²) >= 11 is 3.49. The van der Waals surface area contributed by atoms with Crippen molar-refractivity contribution >= 4 is 27.9 Å². The fourth-order valence-corrected chi connectivity index (χ4v) is 2.37. The maximum Gasteiger partial charge on any atom is 0.246 e. The van der Waals surface area contributed by atoms with E-state index in [1.54, 1.807) is 30.4 Å². The number of nitrogens with zero attached hydrogens (tertiary/aromatic N) is 2. The number of imidazole rings is 1. The van der Waals surface area contributed by atoms with Crippen LogP contribution in [0, 0.1) is 6.92 Å². The minimum Gasteiger partial charge on any atom is -0.347 e. The molecule has 0 bridgehead atoms. The van der Waals surface area contributed by atoms with Crippen LogP contribution < -0.4 is 0 Å². The van der Waals surface area contributed by atoms with E-state index in [1.807, 2.05) is 31.2 Å². The average molecular weight is 334 g/mol. The highest BCUT2D eigenvalue weighted by Crippen LogP contribution is 2.19. The summed E-state index contributed by atoms with van der Waals surface area (Å²) in [5, 5.41) is 0. The third-order valence-electron chi connectivity index (χ3n) is 2.88. The molecule has 0 aliphatic heterocycles. The minimum atomic E-state index is -0.0612. The molecule has 20 heavy (non-hydrogen) atoms. The fourth-order valence-electron chi connectivity index (χ4n) is 1.74. The summed E-state index contributed by atoms with van der Waals surface area (Å²) in [6.07, 6.45) is 6.79. The Morgan fingerprint density at radius 2 is 2.30 bits per heavy atom. The largest absolute Gasteiger partial charge is 0.347 e. The number of carbonyl (C=O) groups is 1. The number of nitrogens with one attached hydrogen (secondary N) is 1. The maximum absolute atomic E-state index is 12.0. The quantitative estimate of drug-likeness (QED) is 0.873. The first-order chi connectivity index (χ1) is 9.56. The zero-order chi connectivity index (χ0) is 14.5. The van der Waals surface area contributed by atoms with Gasteiger partial charge in [-0.05, 0) is 30.2 Å². The van der Waals surface area contributed by atoms with Gasteiger partial charge in [-0.1, -0.05) is 28.1 Å². The Labute approximate surface area is 126 Å². The van der Waals surface area contributed by atoms with Crippen LogP contribution in [-0.4, -0.2) is 27.8 Å². The SMILES string of the molecule is Cc1ccc(C=CC(=O)N(C)Cc2ncc[nH]2)c(Br)c1. The second kappa shape index (κ2) is 6.52. The van der Waals surface area contributed by atoms with Gasteiger partial charge in [-0.3, -0.25) is 4.79 Å². The highest BCUT2D eigenvalue weighted by molar-refractivity contribution is 9.10. The Hall–Kier alpha value is -1.88. The van der Waals surface area contributed by atoms with Crippen LogP contribution >= 0.6 is 15.9 Å². The summed E-state index contributed by atoms with van der Waals surface area (Å²) in [6.45, 7) is 2.49. The normalized spacial score (nSPS) is 10.9. The van der Waals surface area contributed by atoms with Gasteiger partial charge in [-0.2, -0.15) is 0 Å². The third-order valence-corrected chi connectivity index (χ3v) is 3.57. The van der Waals surface area contributed by atoms with Gasteiger partial charge in [0.2, 0.25) is 5.91 Å². The van der Waals surface area contributed by atoms with E-state index in [0.29, 0.717) is 6.54 Å². The van der Waals surface area contributed by atoms with Gasteiger partial charge in [0.25, 0.3) is 0 Å². The molecule has 1 heterocycles. The van der Waals surface area contributed by atoms with Gasteiger partial charge < -0.3 is 9.88 Å². The number of H-pyrrole nitrogens is 1. The molecule has 5 heteroatoms. The summed E-state index contributed by atoms with van der Waals surface area (Å²) in [4.78, 5) is 20.7. The Kier molecular flexibility index (Phi) is 4.74. The Bertz CT molecular complexity index is 620. The molecule has 0 aliphatic rings. The lowest BCUT2D eigenvalue weighted by molar-refractivity contribution is -0.125. The molecule has 1 aromatic carbocycles. The molecule has 0 atom stereocenters. The van der Waals surface area contributed by atoms with Crippen LogP contribution in [-0.2, 0) is 11.3 Å². The van der Waals surface area contributed by atoms with Gasteiger partial charge in [0.15, 0.2) is 0 Å². The van der Waals surface area contributed by atoms with Crippen LogP contribution in [0.2, 0.25) is 0 Å². The van der Waals surface area contributed by atoms with Crippen molar-refractivity contribution in [1.29, 1.82) is 0 Å². The monoisotopic (exact) mass is 333 g/mol. The highest BCUT2D eigenvalue weighted by Gasteiger charge is 2.07. The topological polar surface area (TPSA) is 49.0 Å². The zero-order valence-corrected chi connectivity index (χ0v) is 13.0. The summed E-state index contributed by atoms with van der Waals surface area (Å²) < 4.78 is 0.982. The fraction of sp³-hybridized carbons (Fsp3) is 0.200. The summed E-state index contributed by atoms with van der Waals surface area (Å²) in [5.74, 6) is 0.708. The lowest BCUT2D eigenvalue weighted by Gasteiger charge is -2.13. The van der Waals surface area contributed by atoms with Crippen molar-refractivity contribution in [2.45, 2.75) is 13.5 Å². The number of benzene rings is 1. The molecule has 1 N–H and O–H groups in total. The number of carbonyl (C=O) groups excluding carboxylic acids is 1. The van der Waals surface area contributed by atoms with Crippen LogP contribution in [0.3, 0.4) is 0 Å². The number of aromatic amines is 1. The van der Waals surface area contributed by atoms with E-state index in [4.69, 9.17) is 0 Å². The first kappa shape index (κ1) is 14.5. The molecule has 0 saturated carbocycles. The smallest absolute Gasteiger partial charge is 0.246 e. The number of hydrogen-bond acceptors (Lipinski definition) is 2. The van der Waals surface area contributed by atoms with E-state index >= 15 is 0 Å². The van der Waals surface area contributed by atoms with E-state index in [9.17, 15) is 4.79 Å². The third kappa shape index (κ3) is 3.81. The van der Waals surface area contributed by atoms with E-state index in [1.165, 1.54) is 5.56 Å². The van der Waals surface area contributed by atoms with Gasteiger partial charge >= 0.3 is 0 Å². The van der Waals surface area contributed by atoms with E-state index in [-0.39, 0.29) is 5.91 Å². The van der Waals surface area contributed by atoms with Crippen LogP contribution in [0.1, 0.15) is 17.0 Å². The molecule has 4 nitrogen and oxygen atoms in total. The van der Waals surface area contributed by atoms with Crippen molar-refractivity contribution in [3.63, 3.8) is 0 Å². The van der Waals surface area contributed by atoms with E-state index in [0.717, 1.165) is 15.9 Å². The Balaban J connectivity index is 2.01. The number of hydrogen-bond donors (Lipinski definition) is 1. The molecule has 2 rings (SSSR count). The minimum absolute atomic E-state index is 0.0612. The van der Waals surface area contributed by atoms with Crippen molar-refractivity contribution in [3.05, 3.63) is 58.1 Å². The van der Waals surface area contributed by atoms with Crippen LogP contribution in [0.5, 0.6) is 0 Å². The van der Waals surface area contributed by atoms with Crippen molar-refractivity contribution in [1.82, 2.24) is 14.9 Å². The number of aryl methyl sites for hydroxylation is 1. The number of aromatic nitrogens is 2. The van der Waals surface area contributed by atoms with Crippen molar-refractivity contribution in [2.24, 2.45) is 0 Å². The first-order valence-corrected chi connectivity index (χ1v) is 7.03. The standard InChI is InChI=1S/C15H16BrN3O/c1-11-3-4-12(13(16)9-11)5-6-15(20)19(2)10-14-17-7-8-18-14/h3-9H,10H2,1-2H3,(H,17,18). The number of halogens is 1. The molecule has 1 amide bonds.